The van der Waals surface area contributed by atoms with E-state index in [2.05, 4.69) is 15.5 Å². The van der Waals surface area contributed by atoms with Gasteiger partial charge in [-0.05, 0) is 31.4 Å². The van der Waals surface area contributed by atoms with Gasteiger partial charge in [-0.2, -0.15) is 8.42 Å². The van der Waals surface area contributed by atoms with Crippen molar-refractivity contribution in [3.8, 4) is 0 Å². The number of aromatic nitrogens is 2. The van der Waals surface area contributed by atoms with Crippen molar-refractivity contribution < 1.29 is 13.2 Å². The van der Waals surface area contributed by atoms with Crippen molar-refractivity contribution in [2.45, 2.75) is 38.5 Å². The third-order valence-corrected chi connectivity index (χ3v) is 6.50. The van der Waals surface area contributed by atoms with Crippen molar-refractivity contribution in [2.24, 2.45) is 5.92 Å². The van der Waals surface area contributed by atoms with Crippen molar-refractivity contribution in [1.29, 1.82) is 0 Å². The second kappa shape index (κ2) is 7.92. The second-order valence-corrected chi connectivity index (χ2v) is 8.99. The highest BCUT2D eigenvalue weighted by molar-refractivity contribution is 7.94. The number of benzene rings is 1. The fourth-order valence-electron chi connectivity index (χ4n) is 2.31. The first-order valence-electron chi connectivity index (χ1n) is 7.97. The van der Waals surface area contributed by atoms with Crippen molar-refractivity contribution in [1.82, 2.24) is 10.2 Å². The van der Waals surface area contributed by atoms with E-state index in [0.717, 1.165) is 16.9 Å². The van der Waals surface area contributed by atoms with Crippen LogP contribution in [0.5, 0.6) is 0 Å². The highest BCUT2D eigenvalue weighted by Crippen LogP contribution is 2.29. The van der Waals surface area contributed by atoms with Crippen LogP contribution in [0.4, 0.5) is 10.8 Å². The van der Waals surface area contributed by atoms with Crippen LogP contribution in [0, 0.1) is 12.8 Å². The Kier molecular flexibility index (Phi) is 6.12. The number of amides is 1. The van der Waals surface area contributed by atoms with Gasteiger partial charge < -0.3 is 5.32 Å². The van der Waals surface area contributed by atoms with Crippen LogP contribution in [0.25, 0.3) is 0 Å². The van der Waals surface area contributed by atoms with E-state index in [4.69, 9.17) is 0 Å². The summed E-state index contributed by atoms with van der Waals surface area (Å²) in [5.74, 6) is -0.00545. The van der Waals surface area contributed by atoms with Gasteiger partial charge in [0.15, 0.2) is 0 Å². The number of para-hydroxylation sites is 1. The number of carbonyl (C=O) groups excluding carboxylic acids is 1. The van der Waals surface area contributed by atoms with E-state index in [1.165, 1.54) is 4.31 Å². The van der Waals surface area contributed by atoms with E-state index in [-0.39, 0.29) is 27.8 Å². The number of sulfonamides is 1. The molecule has 0 aliphatic heterocycles. The fourth-order valence-corrected chi connectivity index (χ4v) is 4.87. The van der Waals surface area contributed by atoms with Gasteiger partial charge in [0.2, 0.25) is 11.0 Å². The van der Waals surface area contributed by atoms with Crippen LogP contribution >= 0.6 is 11.3 Å². The van der Waals surface area contributed by atoms with E-state index in [9.17, 15) is 13.2 Å². The van der Waals surface area contributed by atoms with Gasteiger partial charge in [-0.1, -0.05) is 43.4 Å². The number of rotatable bonds is 7. The molecule has 0 spiro atoms. The third kappa shape index (κ3) is 4.55. The van der Waals surface area contributed by atoms with Gasteiger partial charge in [-0.15, -0.1) is 10.2 Å². The lowest BCUT2D eigenvalue weighted by molar-refractivity contribution is -0.116. The van der Waals surface area contributed by atoms with Crippen LogP contribution in [0.15, 0.2) is 28.6 Å². The van der Waals surface area contributed by atoms with Gasteiger partial charge >= 0.3 is 0 Å². The Morgan fingerprint density at radius 2 is 1.96 bits per heavy atom. The molecule has 1 aromatic carbocycles. The molecule has 0 atom stereocenters. The minimum Gasteiger partial charge on any atom is -0.300 e. The number of carbonyl (C=O) groups is 1. The van der Waals surface area contributed by atoms with Crippen molar-refractivity contribution >= 4 is 38.1 Å². The molecule has 0 aliphatic rings. The van der Waals surface area contributed by atoms with Crippen LogP contribution in [0.2, 0.25) is 0 Å². The molecule has 2 aromatic rings. The minimum absolute atomic E-state index is 0.141. The Morgan fingerprint density at radius 3 is 2.56 bits per heavy atom. The molecule has 0 fully saturated rings. The lowest BCUT2D eigenvalue weighted by Gasteiger charge is -2.22. The van der Waals surface area contributed by atoms with Gasteiger partial charge in [0.05, 0.1) is 5.69 Å². The Bertz CT molecular complexity index is 847. The zero-order valence-corrected chi connectivity index (χ0v) is 16.3. The summed E-state index contributed by atoms with van der Waals surface area (Å²) < 4.78 is 27.0. The topological polar surface area (TPSA) is 92.3 Å². The van der Waals surface area contributed by atoms with Crippen LogP contribution < -0.4 is 9.62 Å². The molecule has 1 amide bonds. The number of aryl methyl sites for hydroxylation is 1. The molecule has 25 heavy (non-hydrogen) atoms. The minimum atomic E-state index is -3.84. The lowest BCUT2D eigenvalue weighted by atomic mass is 10.1. The molecule has 136 valence electrons. The maximum atomic E-state index is 12.9. The van der Waals surface area contributed by atoms with Gasteiger partial charge in [-0.3, -0.25) is 9.10 Å². The quantitative estimate of drug-likeness (QED) is 0.743. The maximum Gasteiger partial charge on any atom is 0.293 e. The summed E-state index contributed by atoms with van der Waals surface area (Å²) in [6.07, 6.45) is 0.339. The molecule has 0 radical (unpaired) electrons. The molecule has 7 nitrogen and oxygen atoms in total. The smallest absolute Gasteiger partial charge is 0.293 e. The predicted molar refractivity (Wildman–Crippen MR) is 99.4 cm³/mol. The molecule has 0 saturated carbocycles. The molecule has 0 aliphatic carbocycles. The van der Waals surface area contributed by atoms with E-state index in [0.29, 0.717) is 12.1 Å². The first-order valence-corrected chi connectivity index (χ1v) is 10.2. The summed E-state index contributed by atoms with van der Waals surface area (Å²) in [7, 11) is -3.84. The Labute approximate surface area is 152 Å². The summed E-state index contributed by atoms with van der Waals surface area (Å²) >= 11 is 0.856. The summed E-state index contributed by atoms with van der Waals surface area (Å²) in [6, 6.07) is 7.25. The summed E-state index contributed by atoms with van der Waals surface area (Å²) in [4.78, 5) is 11.8. The zero-order valence-electron chi connectivity index (χ0n) is 14.7. The number of hydrogen-bond acceptors (Lipinski definition) is 6. The third-order valence-electron chi connectivity index (χ3n) is 3.43. The highest BCUT2D eigenvalue weighted by Gasteiger charge is 2.29. The average Bonchev–Trinajstić information content (AvgIpc) is 2.98. The molecule has 1 N–H and O–H groups in total. The number of hydrogen-bond donors (Lipinski definition) is 1. The van der Waals surface area contributed by atoms with E-state index >= 15 is 0 Å². The molecule has 0 bridgehead atoms. The van der Waals surface area contributed by atoms with Crippen LogP contribution in [-0.2, 0) is 14.8 Å². The molecule has 2 rings (SSSR count). The van der Waals surface area contributed by atoms with Gasteiger partial charge in [0.25, 0.3) is 14.4 Å². The van der Waals surface area contributed by atoms with Crippen LogP contribution in [0.3, 0.4) is 0 Å². The van der Waals surface area contributed by atoms with Gasteiger partial charge in [0.1, 0.15) is 0 Å². The fraction of sp³-hybridized carbons (Fsp3) is 0.438. The highest BCUT2D eigenvalue weighted by atomic mass is 32.2. The monoisotopic (exact) mass is 382 g/mol. The number of nitrogens with one attached hydrogen (secondary N) is 1. The molecule has 0 saturated heterocycles. The Morgan fingerprint density at radius 1 is 1.28 bits per heavy atom. The lowest BCUT2D eigenvalue weighted by Crippen LogP contribution is -2.31. The molecular weight excluding hydrogens is 360 g/mol. The zero-order chi connectivity index (χ0) is 18.6. The standard InChI is InChI=1S/C16H22N4O3S2/c1-5-20(13-9-7-6-8-12(13)4)25(22,23)16-19-18-15(24-16)17-14(21)10-11(2)3/h6-9,11H,5,10H2,1-4H3,(H,17,18,21). The largest absolute Gasteiger partial charge is 0.300 e. The maximum absolute atomic E-state index is 12.9. The normalized spacial score (nSPS) is 11.6. The van der Waals surface area contributed by atoms with Crippen LogP contribution in [0.1, 0.15) is 32.8 Å². The Hall–Kier alpha value is -2.00. The second-order valence-electron chi connectivity index (χ2n) is 5.98. The average molecular weight is 383 g/mol. The van der Waals surface area contributed by atoms with Gasteiger partial charge in [-0.25, -0.2) is 0 Å². The van der Waals surface area contributed by atoms with Crippen molar-refractivity contribution in [3.05, 3.63) is 29.8 Å². The first kappa shape index (κ1) is 19.3. The van der Waals surface area contributed by atoms with E-state index in [1.54, 1.807) is 19.1 Å². The molecular formula is C16H22N4O3S2. The van der Waals surface area contributed by atoms with Gasteiger partial charge in [0, 0.05) is 13.0 Å². The van der Waals surface area contributed by atoms with Crippen LogP contribution in [-0.4, -0.2) is 31.1 Å². The first-order chi connectivity index (χ1) is 11.8. The predicted octanol–water partition coefficient (Wildman–Crippen LogP) is 3.05. The van der Waals surface area contributed by atoms with Crippen molar-refractivity contribution in [3.63, 3.8) is 0 Å². The summed E-state index contributed by atoms with van der Waals surface area (Å²) in [5.41, 5.74) is 1.45. The van der Waals surface area contributed by atoms with E-state index < -0.39 is 10.0 Å². The summed E-state index contributed by atoms with van der Waals surface area (Å²) in [6.45, 7) is 7.73. The Balaban J connectivity index is 2.27. The molecule has 1 heterocycles. The summed E-state index contributed by atoms with van der Waals surface area (Å²) in [5, 5.41) is 10.3. The SMILES string of the molecule is CCN(c1ccccc1C)S(=O)(=O)c1nnc(NC(=O)CC(C)C)s1. The molecule has 9 heteroatoms. The number of nitrogens with zero attached hydrogens (tertiary/aromatic N) is 3. The molecule has 0 unspecified atom stereocenters. The van der Waals surface area contributed by atoms with E-state index in [1.807, 2.05) is 32.9 Å². The number of anilines is 2. The van der Waals surface area contributed by atoms with Crippen molar-refractivity contribution in [2.75, 3.05) is 16.2 Å². The molecule has 1 aromatic heterocycles.